The van der Waals surface area contributed by atoms with E-state index in [2.05, 4.69) is 123 Å². The van der Waals surface area contributed by atoms with Gasteiger partial charge in [-0.25, -0.2) is 0 Å². The Hall–Kier alpha value is -2.72. The second-order valence-corrected chi connectivity index (χ2v) is 20.6. The molecule has 0 N–H and O–H groups in total. The van der Waals surface area contributed by atoms with Crippen molar-refractivity contribution in [3.05, 3.63) is 104 Å². The van der Waals surface area contributed by atoms with Gasteiger partial charge in [0, 0.05) is 20.0 Å². The molecule has 2 heteroatoms. The van der Waals surface area contributed by atoms with Gasteiger partial charge in [-0.05, 0) is 134 Å². The molecule has 0 saturated carbocycles. The van der Waals surface area contributed by atoms with Crippen molar-refractivity contribution < 1.29 is 4.79 Å². The van der Waals surface area contributed by atoms with Gasteiger partial charge in [-0.1, -0.05) is 224 Å². The van der Waals surface area contributed by atoms with Gasteiger partial charge in [-0.3, -0.25) is 4.79 Å². The largest absolute Gasteiger partial charge is 0.298 e. The second kappa shape index (κ2) is 24.4. The first-order chi connectivity index (χ1) is 30.0. The highest BCUT2D eigenvalue weighted by atomic mass is 127. The van der Waals surface area contributed by atoms with Gasteiger partial charge in [0.1, 0.15) is 6.29 Å². The lowest BCUT2D eigenvalue weighted by Gasteiger charge is -2.34. The Morgan fingerprint density at radius 1 is 0.377 bits per heavy atom. The number of aldehydes is 1. The predicted molar refractivity (Wildman–Crippen MR) is 274 cm³/mol. The molecule has 61 heavy (non-hydrogen) atoms. The summed E-state index contributed by atoms with van der Waals surface area (Å²) in [6.45, 7) is 9.29. The van der Waals surface area contributed by atoms with Crippen molar-refractivity contribution in [2.45, 2.75) is 218 Å². The van der Waals surface area contributed by atoms with Crippen molar-refractivity contribution in [3.8, 4) is 33.4 Å². The molecule has 0 heterocycles. The minimum atomic E-state index is -0.0574. The van der Waals surface area contributed by atoms with Gasteiger partial charge in [0.25, 0.3) is 0 Å². The second-order valence-electron chi connectivity index (χ2n) is 19.4. The number of benzene rings is 4. The maximum Gasteiger partial charge on any atom is 0.150 e. The van der Waals surface area contributed by atoms with E-state index < -0.39 is 0 Å². The molecule has 4 aromatic rings. The normalized spacial score (nSPS) is 14.2. The van der Waals surface area contributed by atoms with Gasteiger partial charge in [0.05, 0.1) is 0 Å². The fraction of sp³-hybridized carbons (Fsp3) is 0.576. The first-order valence-electron chi connectivity index (χ1n) is 25.7. The molecule has 0 radical (unpaired) electrons. The van der Waals surface area contributed by atoms with E-state index >= 15 is 0 Å². The number of fused-ring (bicyclic) bond motifs is 6. The Balaban J connectivity index is 1.41. The van der Waals surface area contributed by atoms with Crippen LogP contribution in [0.5, 0.6) is 0 Å². The number of halogens is 1. The van der Waals surface area contributed by atoms with Crippen LogP contribution >= 0.6 is 22.6 Å². The fourth-order valence-corrected chi connectivity index (χ4v) is 12.1. The summed E-state index contributed by atoms with van der Waals surface area (Å²) in [7, 11) is 0. The lowest BCUT2D eigenvalue weighted by atomic mass is 9.69. The zero-order chi connectivity index (χ0) is 42.9. The predicted octanol–water partition coefficient (Wildman–Crippen LogP) is 19.3. The Kier molecular flexibility index (Phi) is 19.1. The molecule has 0 aromatic heterocycles. The number of hydrogen-bond donors (Lipinski definition) is 0. The van der Waals surface area contributed by atoms with E-state index in [9.17, 15) is 4.79 Å². The molecule has 0 aliphatic heterocycles. The monoisotopic (exact) mass is 933 g/mol. The van der Waals surface area contributed by atoms with Crippen molar-refractivity contribution in [1.29, 1.82) is 0 Å². The van der Waals surface area contributed by atoms with Gasteiger partial charge in [-0.15, -0.1) is 0 Å². The summed E-state index contributed by atoms with van der Waals surface area (Å²) in [5.41, 5.74) is 15.4. The summed E-state index contributed by atoms with van der Waals surface area (Å²) in [5, 5.41) is 0. The van der Waals surface area contributed by atoms with Gasteiger partial charge < -0.3 is 0 Å². The quantitative estimate of drug-likeness (QED) is 0.0289. The highest BCUT2D eigenvalue weighted by Crippen LogP contribution is 2.57. The fourth-order valence-electron chi connectivity index (χ4n) is 11.6. The maximum atomic E-state index is 12.3. The molecular weight excluding hydrogens is 852 g/mol. The third-order valence-corrected chi connectivity index (χ3v) is 15.7. The van der Waals surface area contributed by atoms with Crippen LogP contribution in [0.1, 0.15) is 240 Å². The van der Waals surface area contributed by atoms with Crippen LogP contribution in [-0.4, -0.2) is 6.29 Å². The summed E-state index contributed by atoms with van der Waals surface area (Å²) in [4.78, 5) is 12.3. The molecule has 0 amide bonds. The van der Waals surface area contributed by atoms with Gasteiger partial charge in [0.15, 0.2) is 0 Å². The molecular formula is C59H81IO. The molecule has 1 nitrogen and oxygen atoms in total. The first-order valence-corrected chi connectivity index (χ1v) is 26.7. The standard InChI is InChI=1S/C59H81IO/c1-5-9-13-17-21-25-37-58(38-26-22-18-14-10-6-2)54-41-46(45-61)29-33-50(54)51-34-30-47(42-55(51)58)48-31-35-52-53-36-32-49(60)44-57(53)59(56(52)43-48,39-27-23-19-15-11-7-3)40-28-24-20-16-12-8-4/h29-36,41-45H,5-28,37-40H2,1-4H3. The zero-order valence-corrected chi connectivity index (χ0v) is 41.2. The molecule has 2 aliphatic rings. The summed E-state index contributed by atoms with van der Waals surface area (Å²) in [6.07, 6.45) is 37.6. The SMILES string of the molecule is CCCCCCCCC1(CCCCCCCC)c2cc(I)ccc2-c2ccc(-c3ccc4c(c3)C(CCCCCCCC)(CCCCCCCC)c3cc(C=O)ccc3-4)cc21. The number of carbonyl (C=O) groups is 1. The third-order valence-electron chi connectivity index (χ3n) is 15.0. The van der Waals surface area contributed by atoms with Crippen molar-refractivity contribution in [2.75, 3.05) is 0 Å². The summed E-state index contributed by atoms with van der Waals surface area (Å²) in [6, 6.07) is 29.1. The highest BCUT2D eigenvalue weighted by molar-refractivity contribution is 14.1. The maximum absolute atomic E-state index is 12.3. The van der Waals surface area contributed by atoms with Crippen molar-refractivity contribution in [1.82, 2.24) is 0 Å². The van der Waals surface area contributed by atoms with Crippen molar-refractivity contribution in [2.24, 2.45) is 0 Å². The molecule has 0 saturated heterocycles. The van der Waals surface area contributed by atoms with E-state index in [0.717, 1.165) is 24.7 Å². The van der Waals surface area contributed by atoms with E-state index in [1.165, 1.54) is 215 Å². The van der Waals surface area contributed by atoms with Crippen LogP contribution in [0.2, 0.25) is 0 Å². The molecule has 0 fully saturated rings. The number of unbranched alkanes of at least 4 members (excludes halogenated alkanes) is 20. The molecule has 4 aromatic carbocycles. The third kappa shape index (κ3) is 11.5. The highest BCUT2D eigenvalue weighted by Gasteiger charge is 2.44. The Bertz CT molecular complexity index is 1940. The van der Waals surface area contributed by atoms with E-state index in [0.29, 0.717) is 0 Å². The van der Waals surface area contributed by atoms with E-state index in [-0.39, 0.29) is 10.8 Å². The van der Waals surface area contributed by atoms with E-state index in [1.807, 2.05) is 0 Å². The molecule has 2 aliphatic carbocycles. The topological polar surface area (TPSA) is 17.1 Å². The van der Waals surface area contributed by atoms with Crippen LogP contribution in [-0.2, 0) is 10.8 Å². The zero-order valence-electron chi connectivity index (χ0n) is 39.1. The van der Waals surface area contributed by atoms with Gasteiger partial charge in [-0.2, -0.15) is 0 Å². The lowest BCUT2D eigenvalue weighted by Crippen LogP contribution is -2.26. The molecule has 330 valence electrons. The van der Waals surface area contributed by atoms with Crippen LogP contribution in [0.3, 0.4) is 0 Å². The van der Waals surface area contributed by atoms with Crippen LogP contribution in [0.15, 0.2) is 72.8 Å². The van der Waals surface area contributed by atoms with Crippen LogP contribution in [0.25, 0.3) is 33.4 Å². The molecule has 6 rings (SSSR count). The van der Waals surface area contributed by atoms with Crippen molar-refractivity contribution in [3.63, 3.8) is 0 Å². The molecule has 0 atom stereocenters. The number of carbonyl (C=O) groups excluding carboxylic acids is 1. The molecule has 0 unspecified atom stereocenters. The summed E-state index contributed by atoms with van der Waals surface area (Å²) >= 11 is 2.57. The first kappa shape index (κ1) is 47.8. The average Bonchev–Trinajstić information content (AvgIpc) is 3.70. The molecule has 0 bridgehead atoms. The van der Waals surface area contributed by atoms with Gasteiger partial charge >= 0.3 is 0 Å². The van der Waals surface area contributed by atoms with Gasteiger partial charge in [0.2, 0.25) is 0 Å². The smallest absolute Gasteiger partial charge is 0.150 e. The summed E-state index contributed by atoms with van der Waals surface area (Å²) in [5.74, 6) is 0. The minimum Gasteiger partial charge on any atom is -0.298 e. The summed E-state index contributed by atoms with van der Waals surface area (Å²) < 4.78 is 1.36. The Labute approximate surface area is 387 Å². The number of rotatable bonds is 30. The average molecular weight is 933 g/mol. The van der Waals surface area contributed by atoms with Crippen LogP contribution < -0.4 is 0 Å². The van der Waals surface area contributed by atoms with E-state index in [1.54, 1.807) is 11.1 Å². The van der Waals surface area contributed by atoms with Crippen LogP contribution in [0, 0.1) is 3.57 Å². The Morgan fingerprint density at radius 3 is 1.07 bits per heavy atom. The Morgan fingerprint density at radius 2 is 0.689 bits per heavy atom. The molecule has 0 spiro atoms. The number of hydrogen-bond acceptors (Lipinski definition) is 1. The van der Waals surface area contributed by atoms with Crippen molar-refractivity contribution >= 4 is 28.9 Å². The minimum absolute atomic E-state index is 0.0574. The van der Waals surface area contributed by atoms with Crippen LogP contribution in [0.4, 0.5) is 0 Å². The van der Waals surface area contributed by atoms with E-state index in [4.69, 9.17) is 0 Å². The lowest BCUT2D eigenvalue weighted by molar-refractivity contribution is 0.112.